The molecule has 0 spiro atoms. The SMILES string of the molecule is CC1OCCC1SC(C(=O)O)c1ccccc1. The Balaban J connectivity index is 2.11. The van der Waals surface area contributed by atoms with Crippen LogP contribution in [-0.2, 0) is 9.53 Å². The smallest absolute Gasteiger partial charge is 0.321 e. The lowest BCUT2D eigenvalue weighted by atomic mass is 10.1. The van der Waals surface area contributed by atoms with Crippen LogP contribution < -0.4 is 0 Å². The van der Waals surface area contributed by atoms with E-state index in [1.54, 1.807) is 0 Å². The molecule has 0 aliphatic carbocycles. The number of benzene rings is 1. The van der Waals surface area contributed by atoms with E-state index >= 15 is 0 Å². The number of ether oxygens (including phenoxy) is 1. The summed E-state index contributed by atoms with van der Waals surface area (Å²) in [6.45, 7) is 2.74. The molecule has 0 aromatic heterocycles. The maximum Gasteiger partial charge on any atom is 0.321 e. The van der Waals surface area contributed by atoms with E-state index in [2.05, 4.69) is 0 Å². The van der Waals surface area contributed by atoms with E-state index < -0.39 is 11.2 Å². The van der Waals surface area contributed by atoms with Crippen molar-refractivity contribution < 1.29 is 14.6 Å². The van der Waals surface area contributed by atoms with Gasteiger partial charge in [0.15, 0.2) is 0 Å². The van der Waals surface area contributed by atoms with E-state index in [0.29, 0.717) is 0 Å². The fraction of sp³-hybridized carbons (Fsp3) is 0.462. The van der Waals surface area contributed by atoms with Crippen LogP contribution in [0.15, 0.2) is 30.3 Å². The summed E-state index contributed by atoms with van der Waals surface area (Å²) in [4.78, 5) is 11.3. The van der Waals surface area contributed by atoms with Crippen molar-refractivity contribution in [1.82, 2.24) is 0 Å². The van der Waals surface area contributed by atoms with Crippen molar-refractivity contribution in [2.75, 3.05) is 6.61 Å². The van der Waals surface area contributed by atoms with Gasteiger partial charge < -0.3 is 9.84 Å². The Morgan fingerprint density at radius 2 is 2.18 bits per heavy atom. The van der Waals surface area contributed by atoms with Crippen molar-refractivity contribution in [3.8, 4) is 0 Å². The summed E-state index contributed by atoms with van der Waals surface area (Å²) in [5.41, 5.74) is 0.851. The highest BCUT2D eigenvalue weighted by molar-refractivity contribution is 8.00. The second-order valence-corrected chi connectivity index (χ2v) is 5.52. The van der Waals surface area contributed by atoms with Crippen LogP contribution in [0.1, 0.15) is 24.2 Å². The summed E-state index contributed by atoms with van der Waals surface area (Å²) in [5, 5.41) is 9.09. The first-order valence-electron chi connectivity index (χ1n) is 5.73. The molecule has 1 saturated heterocycles. The Morgan fingerprint density at radius 3 is 2.71 bits per heavy atom. The number of hydrogen-bond donors (Lipinski definition) is 1. The highest BCUT2D eigenvalue weighted by Gasteiger charge is 2.31. The Hall–Kier alpha value is -1.00. The maximum absolute atomic E-state index is 11.3. The molecule has 1 aromatic carbocycles. The molecular weight excluding hydrogens is 236 g/mol. The number of carbonyl (C=O) groups is 1. The van der Waals surface area contributed by atoms with Gasteiger partial charge in [0.2, 0.25) is 0 Å². The summed E-state index contributed by atoms with van der Waals surface area (Å²) in [5.74, 6) is -0.777. The average molecular weight is 252 g/mol. The minimum atomic E-state index is -0.777. The van der Waals surface area contributed by atoms with E-state index in [1.165, 1.54) is 11.8 Å². The number of rotatable bonds is 4. The summed E-state index contributed by atoms with van der Waals surface area (Å²) in [6.07, 6.45) is 1.08. The van der Waals surface area contributed by atoms with Crippen LogP contribution in [0.3, 0.4) is 0 Å². The molecule has 17 heavy (non-hydrogen) atoms. The maximum atomic E-state index is 11.3. The summed E-state index contributed by atoms with van der Waals surface area (Å²) >= 11 is 1.50. The number of carboxylic acid groups (broad SMARTS) is 1. The van der Waals surface area contributed by atoms with Crippen LogP contribution in [0.2, 0.25) is 0 Å². The van der Waals surface area contributed by atoms with Gasteiger partial charge in [-0.1, -0.05) is 30.3 Å². The second-order valence-electron chi connectivity index (χ2n) is 4.17. The van der Waals surface area contributed by atoms with Crippen molar-refractivity contribution in [3.05, 3.63) is 35.9 Å². The predicted octanol–water partition coefficient (Wildman–Crippen LogP) is 2.72. The van der Waals surface area contributed by atoms with E-state index in [9.17, 15) is 9.90 Å². The van der Waals surface area contributed by atoms with Gasteiger partial charge in [-0.15, -0.1) is 11.8 Å². The van der Waals surface area contributed by atoms with E-state index in [4.69, 9.17) is 4.74 Å². The highest BCUT2D eigenvalue weighted by Crippen LogP contribution is 2.38. The molecule has 1 fully saturated rings. The van der Waals surface area contributed by atoms with Crippen molar-refractivity contribution in [2.45, 2.75) is 29.9 Å². The lowest BCUT2D eigenvalue weighted by Crippen LogP contribution is -2.18. The van der Waals surface area contributed by atoms with Gasteiger partial charge in [-0.05, 0) is 18.9 Å². The monoisotopic (exact) mass is 252 g/mol. The molecule has 3 nitrogen and oxygen atoms in total. The molecule has 2 rings (SSSR count). The molecular formula is C13H16O3S. The van der Waals surface area contributed by atoms with Crippen LogP contribution in [0.5, 0.6) is 0 Å². The van der Waals surface area contributed by atoms with Crippen molar-refractivity contribution in [3.63, 3.8) is 0 Å². The van der Waals surface area contributed by atoms with Crippen LogP contribution >= 0.6 is 11.8 Å². The molecule has 0 radical (unpaired) electrons. The molecule has 1 aliphatic heterocycles. The molecule has 0 amide bonds. The summed E-state index contributed by atoms with van der Waals surface area (Å²) < 4.78 is 5.47. The van der Waals surface area contributed by atoms with Crippen LogP contribution in [0.25, 0.3) is 0 Å². The first-order valence-corrected chi connectivity index (χ1v) is 6.67. The van der Waals surface area contributed by atoms with Gasteiger partial charge in [-0.3, -0.25) is 4.79 Å². The molecule has 92 valence electrons. The lowest BCUT2D eigenvalue weighted by Gasteiger charge is -2.19. The van der Waals surface area contributed by atoms with Crippen molar-refractivity contribution in [2.24, 2.45) is 0 Å². The van der Waals surface area contributed by atoms with Gasteiger partial charge >= 0.3 is 5.97 Å². The topological polar surface area (TPSA) is 46.5 Å². The zero-order chi connectivity index (χ0) is 12.3. The third-order valence-electron chi connectivity index (χ3n) is 2.94. The predicted molar refractivity (Wildman–Crippen MR) is 68.2 cm³/mol. The number of carboxylic acids is 1. The zero-order valence-corrected chi connectivity index (χ0v) is 10.5. The van der Waals surface area contributed by atoms with Gasteiger partial charge in [-0.2, -0.15) is 0 Å². The minimum absolute atomic E-state index is 0.144. The molecule has 3 unspecified atom stereocenters. The fourth-order valence-corrected chi connectivity index (χ4v) is 3.29. The van der Waals surface area contributed by atoms with Crippen LogP contribution in [0.4, 0.5) is 0 Å². The Kier molecular flexibility index (Phi) is 4.07. The van der Waals surface area contributed by atoms with Gasteiger partial charge in [0.1, 0.15) is 5.25 Å². The zero-order valence-electron chi connectivity index (χ0n) is 9.70. The lowest BCUT2D eigenvalue weighted by molar-refractivity contribution is -0.136. The van der Waals surface area contributed by atoms with Crippen molar-refractivity contribution in [1.29, 1.82) is 0 Å². The standard InChI is InChI=1S/C13H16O3S/c1-9-11(7-8-16-9)17-12(13(14)15)10-5-3-2-4-6-10/h2-6,9,11-12H,7-8H2,1H3,(H,14,15). The molecule has 1 aliphatic rings. The summed E-state index contributed by atoms with van der Waals surface area (Å²) in [6, 6.07) is 9.38. The quantitative estimate of drug-likeness (QED) is 0.895. The third kappa shape index (κ3) is 3.01. The molecule has 0 saturated carbocycles. The van der Waals surface area contributed by atoms with Gasteiger partial charge in [0.25, 0.3) is 0 Å². The molecule has 0 bridgehead atoms. The molecule has 3 atom stereocenters. The van der Waals surface area contributed by atoms with Gasteiger partial charge in [0, 0.05) is 11.9 Å². The largest absolute Gasteiger partial charge is 0.480 e. The van der Waals surface area contributed by atoms with E-state index in [0.717, 1.165) is 18.6 Å². The first-order chi connectivity index (χ1) is 8.18. The van der Waals surface area contributed by atoms with E-state index in [1.807, 2.05) is 37.3 Å². The first kappa shape index (κ1) is 12.5. The van der Waals surface area contributed by atoms with Gasteiger partial charge in [0.05, 0.1) is 6.10 Å². The van der Waals surface area contributed by atoms with E-state index in [-0.39, 0.29) is 11.4 Å². The van der Waals surface area contributed by atoms with Crippen LogP contribution in [0, 0.1) is 0 Å². The minimum Gasteiger partial charge on any atom is -0.480 e. The summed E-state index contributed by atoms with van der Waals surface area (Å²) in [7, 11) is 0. The number of thioether (sulfide) groups is 1. The fourth-order valence-electron chi connectivity index (χ4n) is 1.97. The van der Waals surface area contributed by atoms with Crippen molar-refractivity contribution >= 4 is 17.7 Å². The highest BCUT2D eigenvalue weighted by atomic mass is 32.2. The van der Waals surface area contributed by atoms with Crippen LogP contribution in [-0.4, -0.2) is 29.0 Å². The Bertz CT molecular complexity index is 380. The Labute approximate surface area is 105 Å². The van der Waals surface area contributed by atoms with Gasteiger partial charge in [-0.25, -0.2) is 0 Å². The Morgan fingerprint density at radius 1 is 1.47 bits per heavy atom. The molecule has 1 aromatic rings. The second kappa shape index (κ2) is 5.56. The third-order valence-corrected chi connectivity index (χ3v) is 4.66. The normalized spacial score (nSPS) is 25.7. The number of aliphatic carboxylic acids is 1. The molecule has 4 heteroatoms. The molecule has 1 N–H and O–H groups in total. The molecule has 1 heterocycles. The number of hydrogen-bond acceptors (Lipinski definition) is 3. The average Bonchev–Trinajstić information content (AvgIpc) is 2.72.